The van der Waals surface area contributed by atoms with Crippen LogP contribution in [0.5, 0.6) is 0 Å². The Hall–Kier alpha value is -0.470. The lowest BCUT2D eigenvalue weighted by molar-refractivity contribution is -0.132. The molecule has 5 saturated heterocycles. The summed E-state index contributed by atoms with van der Waals surface area (Å²) in [4.78, 5) is 259. The molecule has 0 aromatic rings. The summed E-state index contributed by atoms with van der Waals surface area (Å²) in [5.41, 5.74) is -19.7. The third-order valence-corrected chi connectivity index (χ3v) is 39.3. The minimum absolute atomic E-state index is 0.0266. The monoisotopic (exact) mass is 1820 g/mol. The molecule has 0 bridgehead atoms. The van der Waals surface area contributed by atoms with Gasteiger partial charge in [0.2, 0.25) is 27.6 Å². The van der Waals surface area contributed by atoms with Crippen molar-refractivity contribution in [1.29, 1.82) is 0 Å². The van der Waals surface area contributed by atoms with Crippen LogP contribution in [-0.4, -0.2) is 310 Å². The van der Waals surface area contributed by atoms with Gasteiger partial charge in [-0.25, -0.2) is 0 Å². The number of carbonyl (C=O) groups excluding carboxylic acids is 5. The van der Waals surface area contributed by atoms with Gasteiger partial charge in [-0.3, -0.25) is 109 Å². The molecule has 5 fully saturated rings. The third kappa shape index (κ3) is 32.4. The maximum absolute atomic E-state index is 12.3. The van der Waals surface area contributed by atoms with Gasteiger partial charge in [0.05, 0.1) is 0 Å². The molecule has 0 atom stereocenters. The Morgan fingerprint density at radius 3 is 0.411 bits per heavy atom. The predicted molar refractivity (Wildman–Crippen MR) is 415 cm³/mol. The summed E-state index contributed by atoms with van der Waals surface area (Å²) >= 11 is 0. The fraction of sp³-hybridized carbons (Fsp3) is 0.915. The third-order valence-electron chi connectivity index (χ3n) is 21.2. The molecule has 0 spiro atoms. The first-order valence-electron chi connectivity index (χ1n) is 34.5. The van der Waals surface area contributed by atoms with Crippen LogP contribution in [0.4, 0.5) is 0 Å². The van der Waals surface area contributed by atoms with E-state index in [-0.39, 0.29) is 55.4 Å². The van der Waals surface area contributed by atoms with E-state index >= 15 is 0 Å². The molecule has 0 aromatic heterocycles. The molecule has 0 amide bonds. The van der Waals surface area contributed by atoms with Crippen LogP contribution in [0.3, 0.4) is 0 Å². The number of rotatable bonds is 21. The highest BCUT2D eigenvalue weighted by molar-refractivity contribution is 7.73. The molecule has 0 aromatic carbocycles. The quantitative estimate of drug-likeness (QED) is 0.0713. The van der Waals surface area contributed by atoms with Crippen LogP contribution in [-0.2, 0) is 69.6 Å². The van der Waals surface area contributed by atoms with Crippen molar-refractivity contribution in [3.05, 3.63) is 0 Å². The van der Waals surface area contributed by atoms with Crippen LogP contribution in [0.15, 0.2) is 0 Å². The summed E-state index contributed by atoms with van der Waals surface area (Å²) < 4.78 is 121. The van der Waals surface area contributed by atoms with Gasteiger partial charge >= 0.3 is 76.0 Å². The zero-order chi connectivity index (χ0) is 90.3. The lowest BCUT2D eigenvalue weighted by Gasteiger charge is -2.50. The highest BCUT2D eigenvalue weighted by Crippen LogP contribution is 2.71. The molecule has 0 unspecified atom stereocenters. The Morgan fingerprint density at radius 2 is 0.321 bits per heavy atom. The average Bonchev–Trinajstić information content (AvgIpc) is 0.756. The van der Waals surface area contributed by atoms with E-state index in [2.05, 4.69) is 198 Å². The largest absolute Gasteiger partial charge is 0.355 e. The molecular formula is C59H128N8O35P10. The second-order valence-corrected chi connectivity index (χ2v) is 54.2. The highest BCUT2D eigenvalue weighted by Gasteiger charge is 2.62. The average molecular weight is 1820 g/mol. The Labute approximate surface area is 655 Å². The van der Waals surface area contributed by atoms with Crippen molar-refractivity contribution in [2.24, 2.45) is 0 Å². The van der Waals surface area contributed by atoms with E-state index in [0.29, 0.717) is 93.1 Å². The van der Waals surface area contributed by atoms with E-state index < -0.39 is 144 Å². The molecule has 664 valence electrons. The maximum atomic E-state index is 12.3. The minimum atomic E-state index is -6.63. The lowest BCUT2D eigenvalue weighted by Crippen LogP contribution is -2.58. The maximum Gasteiger partial charge on any atom is 0.355 e. The summed E-state index contributed by atoms with van der Waals surface area (Å²) in [6.07, 6.45) is 6.87. The van der Waals surface area contributed by atoms with Crippen molar-refractivity contribution in [3.8, 4) is 0 Å². The van der Waals surface area contributed by atoms with Gasteiger partial charge in [-0.1, -0.05) is 0 Å². The zero-order valence-corrected chi connectivity index (χ0v) is 77.3. The summed E-state index contributed by atoms with van der Waals surface area (Å²) in [5, 5.41) is 0. The number of likely N-dealkylation sites (tertiary alicyclic amines) is 5. The molecule has 0 aliphatic carbocycles. The lowest BCUT2D eigenvalue weighted by atomic mass is 9.80. The number of piperidine rings is 5. The number of Topliss-reactive ketones (excluding diaryl/α,β-unsaturated/α-hetero) is 5. The second-order valence-electron chi connectivity index (χ2n) is 35.5. The molecule has 0 saturated carbocycles. The summed E-state index contributed by atoms with van der Waals surface area (Å²) in [6.45, 7) is 34.0. The van der Waals surface area contributed by atoms with Gasteiger partial charge in [-0.05, 0) is 174 Å². The molecule has 0 radical (unpaired) electrons. The number of carbonyl (C=O) groups is 5. The van der Waals surface area contributed by atoms with E-state index in [1.807, 2.05) is 0 Å². The smallest absolute Gasteiger partial charge is 0.323 e. The highest BCUT2D eigenvalue weighted by atomic mass is 31.3. The van der Waals surface area contributed by atoms with E-state index in [4.69, 9.17) is 0 Å². The molecule has 5 rings (SSSR count). The van der Waals surface area contributed by atoms with E-state index in [0.717, 1.165) is 0 Å². The molecule has 5 heterocycles. The van der Waals surface area contributed by atoms with Gasteiger partial charge < -0.3 is 97.9 Å². The molecule has 20 N–H and O–H groups in total. The van der Waals surface area contributed by atoms with Crippen LogP contribution in [0.2, 0.25) is 0 Å². The molecule has 112 heavy (non-hydrogen) atoms. The first kappa shape index (κ1) is 112. The van der Waals surface area contributed by atoms with Crippen molar-refractivity contribution < 1.29 is 167 Å². The Bertz CT molecular complexity index is 3170. The first-order valence-corrected chi connectivity index (χ1v) is 51.3. The van der Waals surface area contributed by atoms with Crippen molar-refractivity contribution in [2.75, 3.05) is 61.4 Å². The van der Waals surface area contributed by atoms with Crippen LogP contribution in [0, 0.1) is 0 Å². The molecule has 43 nitrogen and oxygen atoms in total. The van der Waals surface area contributed by atoms with Gasteiger partial charge in [0.25, 0.3) is 0 Å². The zero-order valence-electron chi connectivity index (χ0n) is 68.4. The van der Waals surface area contributed by atoms with Gasteiger partial charge in [0, 0.05) is 146 Å². The molecule has 5 aliphatic heterocycles. The molecular weight excluding hydrogens is 1690 g/mol. The van der Waals surface area contributed by atoms with Gasteiger partial charge in [-0.2, -0.15) is 0 Å². The number of ketones is 5. The standard InChI is InChI=1S/5C10H19NO.C9H33N3O30P10/c5*1-9(2)6-8(12)7-10(3,4)11(9)5;13-43(14,15)5(44(16,17)18)10(1-3-11(6(45(19,20)21)46(22,23)24)7(47(25,26)27)48(28,29)30)2-4-12(8(49(31,32)33)50(34,35)36)9(51(37,38)39)52(40,41)42/h5*6-7H2,1-5H3;5-9H,1-4H2,(H2,13,14,15)(H2,16,17,18)(H2,19,20,21)(H2,22,23,24)(H2,25,26,27)(H2,28,29,30)(H2,31,32,33)(H2,34,35,36)(H2,37,38,39)(H2,40,41,42). The number of hydrogen-bond donors (Lipinski definition) is 20. The van der Waals surface area contributed by atoms with Crippen LogP contribution >= 0.6 is 76.0 Å². The topological polar surface area (TPSA) is 687 Å². The summed E-state index contributed by atoms with van der Waals surface area (Å²) in [5.74, 6) is 1.96. The molecule has 5 aliphatic rings. The van der Waals surface area contributed by atoms with Crippen LogP contribution in [0.25, 0.3) is 0 Å². The number of nitrogens with zero attached hydrogens (tertiary/aromatic N) is 8. The van der Waals surface area contributed by atoms with Crippen molar-refractivity contribution >= 4 is 105 Å². The normalized spacial score (nSPS) is 22.8. The van der Waals surface area contributed by atoms with E-state index in [1.54, 1.807) is 0 Å². The van der Waals surface area contributed by atoms with Crippen molar-refractivity contribution in [3.63, 3.8) is 0 Å². The van der Waals surface area contributed by atoms with Crippen molar-refractivity contribution in [1.82, 2.24) is 39.2 Å². The summed E-state index contributed by atoms with van der Waals surface area (Å²) in [6, 6.07) is 0. The van der Waals surface area contributed by atoms with Crippen molar-refractivity contribution in [2.45, 2.75) is 286 Å². The fourth-order valence-corrected chi connectivity index (χ4v) is 30.0. The van der Waals surface area contributed by atoms with Crippen LogP contribution in [0.1, 0.15) is 203 Å². The SMILES string of the molecule is CN1C(C)(C)CC(=O)CC1(C)C.CN1C(C)(C)CC(=O)CC1(C)C.CN1C(C)(C)CC(=O)CC1(C)C.CN1C(C)(C)CC(=O)CC1(C)C.CN1C(C)(C)CC(=O)CC1(C)C.O=P(O)(O)C(N(CCN(C(P(=O)(O)O)P(=O)(O)O)C(P(=O)(O)O)P(=O)(O)O)CCN(C(P(=O)(O)O)P(=O)(O)O)C(P(=O)(O)O)P(=O)(O)O)P(=O)(O)O. The fourth-order valence-electron chi connectivity index (χ4n) is 14.9. The van der Waals surface area contributed by atoms with E-state index in [1.165, 1.54) is 0 Å². The Balaban J connectivity index is 0.00000161. The first-order chi connectivity index (χ1) is 48.5. The minimum Gasteiger partial charge on any atom is -0.323 e. The summed E-state index contributed by atoms with van der Waals surface area (Å²) in [7, 11) is -55.6. The molecule has 53 heteroatoms. The number of hydrogen-bond acceptors (Lipinski definition) is 23. The van der Waals surface area contributed by atoms with Crippen LogP contribution < -0.4 is 0 Å². The predicted octanol–water partition coefficient (Wildman–Crippen LogP) is 4.28. The second kappa shape index (κ2) is 37.7. The van der Waals surface area contributed by atoms with E-state index in [9.17, 15) is 167 Å². The Kier molecular flexibility index (Phi) is 37.5. The van der Waals surface area contributed by atoms with Gasteiger partial charge in [0.15, 0.2) is 0 Å². The van der Waals surface area contributed by atoms with Gasteiger partial charge in [-0.15, -0.1) is 0 Å². The Morgan fingerprint density at radius 1 is 0.223 bits per heavy atom. The van der Waals surface area contributed by atoms with Gasteiger partial charge in [0.1, 0.15) is 28.9 Å².